The second-order valence-electron chi connectivity index (χ2n) is 4.49. The number of thioether (sulfide) groups is 1. The molecule has 0 saturated carbocycles. The van der Waals surface area contributed by atoms with Gasteiger partial charge in [-0.15, -0.1) is 16.9 Å². The van der Waals surface area contributed by atoms with E-state index in [0.717, 1.165) is 11.3 Å². The van der Waals surface area contributed by atoms with Crippen LogP contribution in [0, 0.1) is 0 Å². The van der Waals surface area contributed by atoms with Crippen LogP contribution in [-0.2, 0) is 0 Å². The molecule has 1 aromatic carbocycles. The smallest absolute Gasteiger partial charge is 0.119 e. The minimum atomic E-state index is 0.192. The monoisotopic (exact) mass is 250 g/mol. The van der Waals surface area contributed by atoms with Crippen LogP contribution in [0.15, 0.2) is 34.5 Å². The zero-order valence-electron chi connectivity index (χ0n) is 9.60. The third-order valence-corrected chi connectivity index (χ3v) is 3.89. The molecule has 0 amide bonds. The molecule has 0 aliphatic carbocycles. The number of nitrogens with zero attached hydrogens (tertiary/aromatic N) is 2. The van der Waals surface area contributed by atoms with Gasteiger partial charge in [-0.3, -0.25) is 0 Å². The molecule has 2 nitrogen and oxygen atoms in total. The van der Waals surface area contributed by atoms with Crippen LogP contribution in [0.25, 0.3) is 11.3 Å². The summed E-state index contributed by atoms with van der Waals surface area (Å²) in [6.07, 6.45) is 0. The Labute approximate surface area is 104 Å². The molecule has 2 aromatic rings. The Kier molecular flexibility index (Phi) is 3.30. The van der Waals surface area contributed by atoms with E-state index in [1.165, 1.54) is 15.7 Å². The zero-order chi connectivity index (χ0) is 11.6. The van der Waals surface area contributed by atoms with Crippen LogP contribution in [-0.4, -0.2) is 14.3 Å². The SMILES string of the molecule is CC(C)(C)Sc1snnc1-c1ccccc1. The van der Waals surface area contributed by atoms with Crippen molar-refractivity contribution in [3.63, 3.8) is 0 Å². The lowest BCUT2D eigenvalue weighted by atomic mass is 10.2. The molecule has 0 radical (unpaired) electrons. The fraction of sp³-hybridized carbons (Fsp3) is 0.333. The van der Waals surface area contributed by atoms with Crippen LogP contribution in [0.2, 0.25) is 0 Å². The molecule has 1 heterocycles. The summed E-state index contributed by atoms with van der Waals surface area (Å²) in [5.41, 5.74) is 2.15. The molecule has 0 aliphatic rings. The van der Waals surface area contributed by atoms with Crippen molar-refractivity contribution >= 4 is 23.3 Å². The Bertz CT molecular complexity index is 457. The topological polar surface area (TPSA) is 25.8 Å². The number of rotatable bonds is 2. The molecule has 0 N–H and O–H groups in total. The average Bonchev–Trinajstić information content (AvgIpc) is 2.64. The van der Waals surface area contributed by atoms with Crippen LogP contribution in [0.3, 0.4) is 0 Å². The maximum Gasteiger partial charge on any atom is 0.119 e. The van der Waals surface area contributed by atoms with E-state index < -0.39 is 0 Å². The minimum absolute atomic E-state index is 0.192. The van der Waals surface area contributed by atoms with Gasteiger partial charge in [0.2, 0.25) is 0 Å². The first-order valence-electron chi connectivity index (χ1n) is 5.13. The Morgan fingerprint density at radius 1 is 1.12 bits per heavy atom. The van der Waals surface area contributed by atoms with Crippen molar-refractivity contribution in [3.8, 4) is 11.3 Å². The fourth-order valence-corrected chi connectivity index (χ4v) is 3.55. The Morgan fingerprint density at radius 3 is 2.44 bits per heavy atom. The van der Waals surface area contributed by atoms with E-state index in [-0.39, 0.29) is 4.75 Å². The van der Waals surface area contributed by atoms with Gasteiger partial charge in [-0.25, -0.2) is 0 Å². The van der Waals surface area contributed by atoms with Gasteiger partial charge in [0, 0.05) is 10.3 Å². The summed E-state index contributed by atoms with van der Waals surface area (Å²) in [4.78, 5) is 0. The summed E-state index contributed by atoms with van der Waals surface area (Å²) in [5.74, 6) is 0. The molecule has 4 heteroatoms. The molecule has 0 atom stereocenters. The van der Waals surface area contributed by atoms with Gasteiger partial charge in [-0.05, 0) is 11.5 Å². The van der Waals surface area contributed by atoms with Gasteiger partial charge in [-0.1, -0.05) is 55.6 Å². The highest BCUT2D eigenvalue weighted by Crippen LogP contribution is 2.39. The molecular weight excluding hydrogens is 236 g/mol. The predicted octanol–water partition coefficient (Wildman–Crippen LogP) is 4.10. The number of hydrogen-bond donors (Lipinski definition) is 0. The Hall–Kier alpha value is -0.870. The summed E-state index contributed by atoms with van der Waals surface area (Å²) in [6.45, 7) is 6.60. The van der Waals surface area contributed by atoms with Gasteiger partial charge in [0.05, 0.1) is 0 Å². The first-order valence-corrected chi connectivity index (χ1v) is 6.72. The van der Waals surface area contributed by atoms with Crippen LogP contribution in [0.1, 0.15) is 20.8 Å². The average molecular weight is 250 g/mol. The zero-order valence-corrected chi connectivity index (χ0v) is 11.2. The summed E-state index contributed by atoms with van der Waals surface area (Å²) in [5, 5.41) is 4.22. The van der Waals surface area contributed by atoms with Crippen LogP contribution in [0.4, 0.5) is 0 Å². The second kappa shape index (κ2) is 4.55. The summed E-state index contributed by atoms with van der Waals surface area (Å²) in [7, 11) is 0. The van der Waals surface area contributed by atoms with Crippen molar-refractivity contribution in [2.75, 3.05) is 0 Å². The predicted molar refractivity (Wildman–Crippen MR) is 71.0 cm³/mol. The third-order valence-electron chi connectivity index (χ3n) is 1.90. The summed E-state index contributed by atoms with van der Waals surface area (Å²) >= 11 is 3.30. The molecule has 1 aromatic heterocycles. The third kappa shape index (κ3) is 2.83. The van der Waals surface area contributed by atoms with Gasteiger partial charge >= 0.3 is 0 Å². The van der Waals surface area contributed by atoms with Crippen LogP contribution >= 0.6 is 23.3 Å². The Balaban J connectivity index is 2.33. The van der Waals surface area contributed by atoms with Crippen LogP contribution in [0.5, 0.6) is 0 Å². The van der Waals surface area contributed by atoms with E-state index >= 15 is 0 Å². The minimum Gasteiger partial charge on any atom is -0.137 e. The van der Waals surface area contributed by atoms with Crippen molar-refractivity contribution in [3.05, 3.63) is 30.3 Å². The highest BCUT2D eigenvalue weighted by atomic mass is 32.2. The van der Waals surface area contributed by atoms with E-state index in [1.807, 2.05) is 30.0 Å². The number of benzene rings is 1. The van der Waals surface area contributed by atoms with Gasteiger partial charge in [0.25, 0.3) is 0 Å². The standard InChI is InChI=1S/C12H14N2S2/c1-12(2,3)15-11-10(13-14-16-11)9-7-5-4-6-8-9/h4-8H,1-3H3. The lowest BCUT2D eigenvalue weighted by Crippen LogP contribution is -2.06. The number of aromatic nitrogens is 2. The first-order chi connectivity index (χ1) is 7.56. The Morgan fingerprint density at radius 2 is 1.81 bits per heavy atom. The molecule has 0 saturated heterocycles. The maximum absolute atomic E-state index is 4.22. The molecule has 0 fully saturated rings. The van der Waals surface area contributed by atoms with Crippen molar-refractivity contribution in [1.29, 1.82) is 0 Å². The normalized spacial score (nSPS) is 11.7. The van der Waals surface area contributed by atoms with Crippen molar-refractivity contribution in [2.45, 2.75) is 29.7 Å². The van der Waals surface area contributed by atoms with Gasteiger partial charge < -0.3 is 0 Å². The number of hydrogen-bond acceptors (Lipinski definition) is 4. The highest BCUT2D eigenvalue weighted by Gasteiger charge is 2.18. The summed E-state index contributed by atoms with van der Waals surface area (Å²) < 4.78 is 5.44. The molecule has 84 valence electrons. The molecule has 0 bridgehead atoms. The van der Waals surface area contributed by atoms with Gasteiger partial charge in [-0.2, -0.15) is 0 Å². The largest absolute Gasteiger partial charge is 0.137 e. The van der Waals surface area contributed by atoms with E-state index in [2.05, 4.69) is 42.5 Å². The van der Waals surface area contributed by atoms with Crippen molar-refractivity contribution in [2.24, 2.45) is 0 Å². The highest BCUT2D eigenvalue weighted by molar-refractivity contribution is 8.02. The summed E-state index contributed by atoms with van der Waals surface area (Å²) in [6, 6.07) is 10.2. The fourth-order valence-electron chi connectivity index (χ4n) is 1.30. The molecule has 2 rings (SSSR count). The van der Waals surface area contributed by atoms with E-state index in [1.54, 1.807) is 0 Å². The molecule has 0 spiro atoms. The van der Waals surface area contributed by atoms with E-state index in [0.29, 0.717) is 0 Å². The van der Waals surface area contributed by atoms with Crippen molar-refractivity contribution in [1.82, 2.24) is 9.59 Å². The molecule has 0 aliphatic heterocycles. The van der Waals surface area contributed by atoms with Gasteiger partial charge in [0.1, 0.15) is 9.90 Å². The maximum atomic E-state index is 4.22. The van der Waals surface area contributed by atoms with Crippen LogP contribution < -0.4 is 0 Å². The van der Waals surface area contributed by atoms with Crippen molar-refractivity contribution < 1.29 is 0 Å². The molecular formula is C12H14N2S2. The van der Waals surface area contributed by atoms with E-state index in [4.69, 9.17) is 0 Å². The first kappa shape index (κ1) is 11.6. The molecule has 16 heavy (non-hydrogen) atoms. The van der Waals surface area contributed by atoms with E-state index in [9.17, 15) is 0 Å². The lowest BCUT2D eigenvalue weighted by Gasteiger charge is -2.16. The second-order valence-corrected chi connectivity index (χ2v) is 7.34. The molecule has 0 unspecified atom stereocenters. The van der Waals surface area contributed by atoms with Gasteiger partial charge in [0.15, 0.2) is 0 Å². The quantitative estimate of drug-likeness (QED) is 0.751. The lowest BCUT2D eigenvalue weighted by molar-refractivity contribution is 0.804.